The Labute approximate surface area is 135 Å². The molecule has 1 aromatic carbocycles. The highest BCUT2D eigenvalue weighted by atomic mass is 16.5. The Bertz CT molecular complexity index is 596. The van der Waals surface area contributed by atoms with Crippen LogP contribution in [-0.2, 0) is 17.9 Å². The van der Waals surface area contributed by atoms with E-state index in [1.807, 2.05) is 36.5 Å². The predicted octanol–water partition coefficient (Wildman–Crippen LogP) is 1.33. The summed E-state index contributed by atoms with van der Waals surface area (Å²) < 4.78 is 7.00. The summed E-state index contributed by atoms with van der Waals surface area (Å²) in [7, 11) is 0. The number of hydrogen-bond acceptors (Lipinski definition) is 5. The van der Waals surface area contributed by atoms with Crippen LogP contribution in [0.2, 0.25) is 0 Å². The number of alkyl carbamates (subject to hydrolysis) is 1. The van der Waals surface area contributed by atoms with Crippen LogP contribution >= 0.6 is 0 Å². The lowest BCUT2D eigenvalue weighted by atomic mass is 9.87. The normalized spacial score (nSPS) is 19.8. The van der Waals surface area contributed by atoms with Gasteiger partial charge in [0.15, 0.2) is 0 Å². The zero-order valence-corrected chi connectivity index (χ0v) is 12.9. The molecule has 122 valence electrons. The van der Waals surface area contributed by atoms with E-state index in [-0.39, 0.29) is 12.1 Å². The number of ether oxygens (including phenoxy) is 1. The van der Waals surface area contributed by atoms with Crippen LogP contribution in [0, 0.1) is 0 Å². The van der Waals surface area contributed by atoms with Crippen molar-refractivity contribution >= 4 is 6.09 Å². The van der Waals surface area contributed by atoms with Gasteiger partial charge in [-0.1, -0.05) is 35.5 Å². The number of rotatable bonds is 7. The fourth-order valence-corrected chi connectivity index (χ4v) is 2.57. The second kappa shape index (κ2) is 7.73. The molecule has 1 saturated carbocycles. The molecule has 7 heteroatoms. The van der Waals surface area contributed by atoms with Gasteiger partial charge in [-0.3, -0.25) is 4.68 Å². The maximum atomic E-state index is 11.7. The zero-order valence-electron chi connectivity index (χ0n) is 12.9. The van der Waals surface area contributed by atoms with Gasteiger partial charge in [-0.05, 0) is 18.4 Å². The average Bonchev–Trinajstić information content (AvgIpc) is 3.05. The molecule has 0 saturated heterocycles. The largest absolute Gasteiger partial charge is 0.445 e. The smallest absolute Gasteiger partial charge is 0.407 e. The summed E-state index contributed by atoms with van der Waals surface area (Å²) in [6.07, 6.45) is 5.02. The van der Waals surface area contributed by atoms with Crippen molar-refractivity contribution in [1.82, 2.24) is 25.6 Å². The summed E-state index contributed by atoms with van der Waals surface area (Å²) >= 11 is 0. The van der Waals surface area contributed by atoms with Crippen LogP contribution in [0.4, 0.5) is 4.79 Å². The fourth-order valence-electron chi connectivity index (χ4n) is 2.57. The molecule has 0 atom stereocenters. The molecule has 1 amide bonds. The van der Waals surface area contributed by atoms with Crippen LogP contribution in [0.25, 0.3) is 0 Å². The van der Waals surface area contributed by atoms with Gasteiger partial charge >= 0.3 is 6.09 Å². The molecule has 0 spiro atoms. The van der Waals surface area contributed by atoms with E-state index in [1.54, 1.807) is 10.9 Å². The number of benzene rings is 1. The van der Waals surface area contributed by atoms with Crippen molar-refractivity contribution in [1.29, 1.82) is 0 Å². The van der Waals surface area contributed by atoms with E-state index in [0.717, 1.165) is 31.5 Å². The van der Waals surface area contributed by atoms with Gasteiger partial charge in [0.25, 0.3) is 0 Å². The van der Waals surface area contributed by atoms with Crippen molar-refractivity contribution in [2.75, 3.05) is 6.54 Å². The first-order valence-corrected chi connectivity index (χ1v) is 7.84. The van der Waals surface area contributed by atoms with E-state index in [9.17, 15) is 4.79 Å². The zero-order chi connectivity index (χ0) is 15.9. The van der Waals surface area contributed by atoms with Crippen LogP contribution in [-0.4, -0.2) is 39.7 Å². The number of nitrogens with one attached hydrogen (secondary N) is 2. The maximum absolute atomic E-state index is 11.7. The molecule has 23 heavy (non-hydrogen) atoms. The van der Waals surface area contributed by atoms with Gasteiger partial charge in [0, 0.05) is 24.8 Å². The number of hydrogen-bond donors (Lipinski definition) is 2. The molecule has 1 fully saturated rings. The molecule has 1 heterocycles. The summed E-state index contributed by atoms with van der Waals surface area (Å²) in [6, 6.07) is 10.3. The van der Waals surface area contributed by atoms with Crippen LogP contribution in [0.5, 0.6) is 0 Å². The first-order valence-electron chi connectivity index (χ1n) is 7.84. The lowest BCUT2D eigenvalue weighted by Crippen LogP contribution is -2.52. The number of amides is 1. The molecule has 1 aliphatic carbocycles. The van der Waals surface area contributed by atoms with Crippen LogP contribution < -0.4 is 10.6 Å². The molecule has 1 aliphatic rings. The van der Waals surface area contributed by atoms with Gasteiger partial charge in [-0.25, -0.2) is 4.79 Å². The van der Waals surface area contributed by atoms with Gasteiger partial charge in [0.05, 0.1) is 12.7 Å². The summed E-state index contributed by atoms with van der Waals surface area (Å²) in [5.41, 5.74) is 0.990. The average molecular weight is 315 g/mol. The third-order valence-electron chi connectivity index (χ3n) is 3.92. The number of carbonyl (C=O) groups excluding carboxylic acids is 1. The molecule has 0 unspecified atom stereocenters. The second-order valence-corrected chi connectivity index (χ2v) is 5.69. The molecule has 0 aliphatic heterocycles. The standard InChI is InChI=1S/C16H21N5O2/c22-16(23-12-13-4-2-1-3-5-13)19-15-10-14(11-15)17-6-8-21-9-7-18-20-21/h1-5,7,9,14-15,17H,6,8,10-12H2,(H,19,22). The van der Waals surface area contributed by atoms with Gasteiger partial charge in [0.2, 0.25) is 0 Å². The minimum Gasteiger partial charge on any atom is -0.445 e. The SMILES string of the molecule is O=C(NC1CC(NCCn2ccnn2)C1)OCc1ccccc1. The number of carbonyl (C=O) groups is 1. The van der Waals surface area contributed by atoms with E-state index in [4.69, 9.17) is 4.74 Å². The number of aromatic nitrogens is 3. The van der Waals surface area contributed by atoms with Crippen molar-refractivity contribution < 1.29 is 9.53 Å². The first-order chi connectivity index (χ1) is 11.3. The summed E-state index contributed by atoms with van der Waals surface area (Å²) in [5.74, 6) is 0. The lowest BCUT2D eigenvalue weighted by Gasteiger charge is -2.36. The molecule has 1 aromatic heterocycles. The molecular formula is C16H21N5O2. The molecule has 3 rings (SSSR count). The number of nitrogens with zero attached hydrogens (tertiary/aromatic N) is 3. The molecule has 2 N–H and O–H groups in total. The van der Waals surface area contributed by atoms with Gasteiger partial charge < -0.3 is 15.4 Å². The second-order valence-electron chi connectivity index (χ2n) is 5.69. The molecule has 2 aromatic rings. The maximum Gasteiger partial charge on any atom is 0.407 e. The van der Waals surface area contributed by atoms with Crippen molar-refractivity contribution in [3.05, 3.63) is 48.3 Å². The Morgan fingerprint density at radius 3 is 2.83 bits per heavy atom. The summed E-state index contributed by atoms with van der Waals surface area (Å²) in [4.78, 5) is 11.7. The van der Waals surface area contributed by atoms with E-state index in [1.165, 1.54) is 0 Å². The van der Waals surface area contributed by atoms with E-state index >= 15 is 0 Å². The molecule has 0 bridgehead atoms. The van der Waals surface area contributed by atoms with Crippen molar-refractivity contribution in [3.8, 4) is 0 Å². The molecule has 0 radical (unpaired) electrons. The lowest BCUT2D eigenvalue weighted by molar-refractivity contribution is 0.125. The van der Waals surface area contributed by atoms with E-state index in [2.05, 4.69) is 20.9 Å². The van der Waals surface area contributed by atoms with E-state index in [0.29, 0.717) is 12.6 Å². The Morgan fingerprint density at radius 1 is 1.26 bits per heavy atom. The van der Waals surface area contributed by atoms with Crippen LogP contribution in [0.3, 0.4) is 0 Å². The Hall–Kier alpha value is -2.41. The van der Waals surface area contributed by atoms with E-state index < -0.39 is 0 Å². The molecule has 7 nitrogen and oxygen atoms in total. The van der Waals surface area contributed by atoms with Crippen molar-refractivity contribution in [3.63, 3.8) is 0 Å². The van der Waals surface area contributed by atoms with Crippen molar-refractivity contribution in [2.24, 2.45) is 0 Å². The first kappa shape index (κ1) is 15.5. The third-order valence-corrected chi connectivity index (χ3v) is 3.92. The van der Waals surface area contributed by atoms with Crippen LogP contribution in [0.15, 0.2) is 42.7 Å². The fraction of sp³-hybridized carbons (Fsp3) is 0.438. The minimum absolute atomic E-state index is 0.196. The Kier molecular flexibility index (Phi) is 5.21. The Balaban J connectivity index is 1.25. The van der Waals surface area contributed by atoms with Gasteiger partial charge in [-0.15, -0.1) is 5.10 Å². The van der Waals surface area contributed by atoms with Crippen LogP contribution in [0.1, 0.15) is 18.4 Å². The molecular weight excluding hydrogens is 294 g/mol. The third kappa shape index (κ3) is 4.79. The summed E-state index contributed by atoms with van der Waals surface area (Å²) in [6.45, 7) is 1.95. The van der Waals surface area contributed by atoms with Gasteiger partial charge in [-0.2, -0.15) is 0 Å². The predicted molar refractivity (Wildman–Crippen MR) is 84.6 cm³/mol. The van der Waals surface area contributed by atoms with Crippen molar-refractivity contribution in [2.45, 2.75) is 38.1 Å². The highest BCUT2D eigenvalue weighted by molar-refractivity contribution is 5.67. The topological polar surface area (TPSA) is 81.1 Å². The monoisotopic (exact) mass is 315 g/mol. The minimum atomic E-state index is -0.347. The Morgan fingerprint density at radius 2 is 2.09 bits per heavy atom. The summed E-state index contributed by atoms with van der Waals surface area (Å²) in [5, 5.41) is 14.0. The van der Waals surface area contributed by atoms with Gasteiger partial charge in [0.1, 0.15) is 6.61 Å². The highest BCUT2D eigenvalue weighted by Crippen LogP contribution is 2.19. The quantitative estimate of drug-likeness (QED) is 0.805. The highest BCUT2D eigenvalue weighted by Gasteiger charge is 2.30.